The minimum atomic E-state index is -0.619. The fraction of sp³-hybridized carbons (Fsp3) is 0.333. The molecule has 6 nitrogen and oxygen atoms in total. The van der Waals surface area contributed by atoms with Crippen LogP contribution in [0.2, 0.25) is 0 Å². The molecule has 0 aliphatic rings. The quantitative estimate of drug-likeness (QED) is 0.444. The third-order valence-electron chi connectivity index (χ3n) is 4.29. The van der Waals surface area contributed by atoms with E-state index in [1.165, 1.54) is 12.1 Å². The zero-order chi connectivity index (χ0) is 20.6. The molecule has 0 bridgehead atoms. The summed E-state index contributed by atoms with van der Waals surface area (Å²) in [7, 11) is 0. The first-order valence-corrected chi connectivity index (χ1v) is 9.53. The first-order chi connectivity index (χ1) is 13.3. The molecule has 0 spiro atoms. The highest BCUT2D eigenvalue weighted by Gasteiger charge is 2.34. The van der Waals surface area contributed by atoms with Gasteiger partial charge in [-0.2, -0.15) is 12.6 Å². The number of esters is 1. The smallest absolute Gasteiger partial charge is 0.412 e. The summed E-state index contributed by atoms with van der Waals surface area (Å²) in [6.07, 6.45) is -0.743. The molecule has 2 aromatic rings. The van der Waals surface area contributed by atoms with Crippen molar-refractivity contribution in [3.8, 4) is 5.75 Å². The maximum Gasteiger partial charge on any atom is 0.412 e. The van der Waals surface area contributed by atoms with Crippen LogP contribution in [-0.4, -0.2) is 29.5 Å². The molecule has 2 rings (SSSR count). The van der Waals surface area contributed by atoms with Gasteiger partial charge in [0.2, 0.25) is 0 Å². The van der Waals surface area contributed by atoms with E-state index in [4.69, 9.17) is 9.47 Å². The van der Waals surface area contributed by atoms with Gasteiger partial charge in [-0.15, -0.1) is 0 Å². The van der Waals surface area contributed by atoms with Gasteiger partial charge in [0.15, 0.2) is 0 Å². The van der Waals surface area contributed by atoms with Crippen LogP contribution in [0.3, 0.4) is 0 Å². The van der Waals surface area contributed by atoms with Crippen molar-refractivity contribution in [3.05, 3.63) is 60.2 Å². The highest BCUT2D eigenvalue weighted by molar-refractivity contribution is 7.81. The van der Waals surface area contributed by atoms with Crippen LogP contribution in [0.1, 0.15) is 31.9 Å². The Hall–Kier alpha value is -2.67. The Bertz CT molecular complexity index is 777. The highest BCUT2D eigenvalue weighted by atomic mass is 32.1. The highest BCUT2D eigenvalue weighted by Crippen LogP contribution is 2.40. The third kappa shape index (κ3) is 6.49. The van der Waals surface area contributed by atoms with Gasteiger partial charge in [-0.3, -0.25) is 10.1 Å². The van der Waals surface area contributed by atoms with Crippen molar-refractivity contribution in [2.75, 3.05) is 17.7 Å². The number of thiol groups is 1. The summed E-state index contributed by atoms with van der Waals surface area (Å²) >= 11 is 3.89. The number of anilines is 1. The molecule has 150 valence electrons. The number of phenolic OH excluding ortho intramolecular Hbond substituents is 1. The predicted octanol–water partition coefficient (Wildman–Crippen LogP) is 4.57. The van der Waals surface area contributed by atoms with Crippen LogP contribution in [-0.2, 0) is 14.3 Å². The van der Waals surface area contributed by atoms with Crippen LogP contribution in [0.5, 0.6) is 5.75 Å². The Labute approximate surface area is 170 Å². The zero-order valence-corrected chi connectivity index (χ0v) is 16.8. The number of carbonyl (C=O) groups excluding carboxylic acids is 2. The molecule has 2 N–H and O–H groups in total. The summed E-state index contributed by atoms with van der Waals surface area (Å²) in [6.45, 7) is 4.04. The van der Waals surface area contributed by atoms with Crippen molar-refractivity contribution < 1.29 is 24.2 Å². The fourth-order valence-corrected chi connectivity index (χ4v) is 2.80. The van der Waals surface area contributed by atoms with Crippen molar-refractivity contribution >= 4 is 30.4 Å². The van der Waals surface area contributed by atoms with Crippen molar-refractivity contribution in [2.24, 2.45) is 5.41 Å². The maximum absolute atomic E-state index is 12.5. The number of hydrogen-bond donors (Lipinski definition) is 3. The Kier molecular flexibility index (Phi) is 7.75. The van der Waals surface area contributed by atoms with Crippen LogP contribution in [0.4, 0.5) is 10.5 Å². The summed E-state index contributed by atoms with van der Waals surface area (Å²) < 4.78 is 10.9. The van der Waals surface area contributed by atoms with E-state index in [9.17, 15) is 14.7 Å². The lowest BCUT2D eigenvalue weighted by atomic mass is 9.80. The minimum absolute atomic E-state index is 0.0117. The molecular weight excluding hydrogens is 378 g/mol. The fourth-order valence-electron chi connectivity index (χ4n) is 2.71. The number of nitrogens with one attached hydrogen (secondary N) is 1. The molecule has 0 fully saturated rings. The molecule has 7 heteroatoms. The molecule has 0 aliphatic carbocycles. The van der Waals surface area contributed by atoms with Crippen molar-refractivity contribution in [2.45, 2.75) is 26.4 Å². The molecule has 1 atom stereocenters. The van der Waals surface area contributed by atoms with E-state index in [1.54, 1.807) is 24.3 Å². The molecule has 2 aromatic carbocycles. The lowest BCUT2D eigenvalue weighted by Crippen LogP contribution is -2.30. The van der Waals surface area contributed by atoms with E-state index in [1.807, 2.05) is 32.0 Å². The van der Waals surface area contributed by atoms with Crippen LogP contribution in [0, 0.1) is 5.41 Å². The Balaban J connectivity index is 2.15. The Morgan fingerprint density at radius 2 is 1.75 bits per heavy atom. The minimum Gasteiger partial charge on any atom is -0.508 e. The SMILES string of the molecule is CC(C)(CCOC(=O)CS)[C@H](OC(=O)Nc1ccccc1)c1ccc(O)cc1. The monoisotopic (exact) mass is 403 g/mol. The van der Waals surface area contributed by atoms with Gasteiger partial charge in [-0.05, 0) is 36.2 Å². The Morgan fingerprint density at radius 1 is 1.11 bits per heavy atom. The summed E-state index contributed by atoms with van der Waals surface area (Å²) in [6, 6.07) is 15.5. The van der Waals surface area contributed by atoms with Gasteiger partial charge >= 0.3 is 12.1 Å². The van der Waals surface area contributed by atoms with Crippen LogP contribution < -0.4 is 5.32 Å². The molecule has 0 unspecified atom stereocenters. The van der Waals surface area contributed by atoms with Crippen LogP contribution >= 0.6 is 12.6 Å². The van der Waals surface area contributed by atoms with Gasteiger partial charge in [0.05, 0.1) is 12.4 Å². The van der Waals surface area contributed by atoms with E-state index >= 15 is 0 Å². The lowest BCUT2D eigenvalue weighted by Gasteiger charge is -2.34. The van der Waals surface area contributed by atoms with Crippen molar-refractivity contribution in [1.29, 1.82) is 0 Å². The average Bonchev–Trinajstić information content (AvgIpc) is 2.67. The zero-order valence-electron chi connectivity index (χ0n) is 15.9. The number of rotatable bonds is 8. The van der Waals surface area contributed by atoms with Crippen molar-refractivity contribution in [1.82, 2.24) is 0 Å². The second-order valence-corrected chi connectivity index (χ2v) is 7.30. The molecule has 1 amide bonds. The van der Waals surface area contributed by atoms with Crippen LogP contribution in [0.15, 0.2) is 54.6 Å². The summed E-state index contributed by atoms with van der Waals surface area (Å²) in [5.41, 5.74) is 0.811. The van der Waals surface area contributed by atoms with Crippen LogP contribution in [0.25, 0.3) is 0 Å². The largest absolute Gasteiger partial charge is 0.508 e. The predicted molar refractivity (Wildman–Crippen MR) is 111 cm³/mol. The number of benzene rings is 2. The van der Waals surface area contributed by atoms with Gasteiger partial charge in [-0.25, -0.2) is 4.79 Å². The number of phenols is 1. The Morgan fingerprint density at radius 3 is 2.36 bits per heavy atom. The van der Waals surface area contributed by atoms with E-state index in [0.717, 1.165) is 5.56 Å². The topological polar surface area (TPSA) is 84.9 Å². The van der Waals surface area contributed by atoms with Gasteiger partial charge in [-0.1, -0.05) is 44.2 Å². The molecule has 0 heterocycles. The molecule has 0 saturated heterocycles. The first-order valence-electron chi connectivity index (χ1n) is 8.90. The van der Waals surface area contributed by atoms with Gasteiger partial charge in [0.1, 0.15) is 11.9 Å². The lowest BCUT2D eigenvalue weighted by molar-refractivity contribution is -0.141. The molecule has 0 aliphatic heterocycles. The third-order valence-corrected chi connectivity index (χ3v) is 4.55. The number of hydrogen-bond acceptors (Lipinski definition) is 6. The van der Waals surface area contributed by atoms with E-state index < -0.39 is 23.6 Å². The molecule has 0 saturated carbocycles. The van der Waals surface area contributed by atoms with Crippen molar-refractivity contribution in [3.63, 3.8) is 0 Å². The second kappa shape index (κ2) is 10.0. The summed E-state index contributed by atoms with van der Waals surface area (Å²) in [4.78, 5) is 23.8. The van der Waals surface area contributed by atoms with E-state index in [2.05, 4.69) is 17.9 Å². The standard InChI is InChI=1S/C21H25NO5S/c1-21(2,12-13-26-18(24)14-28)19(15-8-10-17(23)11-9-15)27-20(25)22-16-6-4-3-5-7-16/h3-11,19,23,28H,12-14H2,1-2H3,(H,22,25)/t19-/m1/s1. The number of carbonyl (C=O) groups is 2. The molecule has 0 radical (unpaired) electrons. The molecule has 28 heavy (non-hydrogen) atoms. The number of amides is 1. The number of para-hydroxylation sites is 1. The normalized spacial score (nSPS) is 12.1. The maximum atomic E-state index is 12.5. The molecular formula is C21H25NO5S. The average molecular weight is 404 g/mol. The summed E-state index contributed by atoms with van der Waals surface area (Å²) in [5.74, 6) is -0.266. The first kappa shape index (κ1) is 21.6. The van der Waals surface area contributed by atoms with Gasteiger partial charge in [0.25, 0.3) is 0 Å². The summed E-state index contributed by atoms with van der Waals surface area (Å²) in [5, 5.41) is 12.3. The van der Waals surface area contributed by atoms with Gasteiger partial charge in [0, 0.05) is 11.1 Å². The molecule has 0 aromatic heterocycles. The van der Waals surface area contributed by atoms with E-state index in [-0.39, 0.29) is 18.1 Å². The number of ether oxygens (including phenoxy) is 2. The second-order valence-electron chi connectivity index (χ2n) is 6.99. The van der Waals surface area contributed by atoms with E-state index in [0.29, 0.717) is 12.1 Å². The number of aromatic hydroxyl groups is 1. The van der Waals surface area contributed by atoms with Gasteiger partial charge < -0.3 is 14.6 Å².